The highest BCUT2D eigenvalue weighted by Crippen LogP contribution is 2.22. The molecule has 0 heterocycles. The van der Waals surface area contributed by atoms with Crippen molar-refractivity contribution in [2.45, 2.75) is 0 Å². The van der Waals surface area contributed by atoms with E-state index in [2.05, 4.69) is 12.1 Å². The Kier molecular flexibility index (Phi) is 5.55. The molecule has 0 aliphatic rings. The third-order valence-electron chi connectivity index (χ3n) is 2.91. The maximum absolute atomic E-state index is 11.5. The minimum Gasteiger partial charge on any atom is -0.322 e. The Bertz CT molecular complexity index is 526. The summed E-state index contributed by atoms with van der Waals surface area (Å²) in [6.07, 6.45) is 0. The molecular weight excluding hydrogens is 260 g/mol. The van der Waals surface area contributed by atoms with Gasteiger partial charge in [0, 0.05) is 12.7 Å². The van der Waals surface area contributed by atoms with E-state index in [1.807, 2.05) is 42.5 Å². The molecule has 2 aromatic rings. The summed E-state index contributed by atoms with van der Waals surface area (Å²) in [6, 6.07) is 18.0. The normalized spacial score (nSPS) is 9.58. The van der Waals surface area contributed by atoms with Gasteiger partial charge in [-0.1, -0.05) is 42.5 Å². The zero-order valence-electron chi connectivity index (χ0n) is 10.7. The maximum Gasteiger partial charge on any atom is 0.240 e. The Morgan fingerprint density at radius 2 is 1.53 bits per heavy atom. The fourth-order valence-electron chi connectivity index (χ4n) is 1.79. The zero-order valence-corrected chi connectivity index (χ0v) is 11.6. The summed E-state index contributed by atoms with van der Waals surface area (Å²) in [7, 11) is 1.73. The number of halogens is 1. The summed E-state index contributed by atoms with van der Waals surface area (Å²) >= 11 is 0. The van der Waals surface area contributed by atoms with Crippen molar-refractivity contribution in [3.05, 3.63) is 54.6 Å². The first-order valence-corrected chi connectivity index (χ1v) is 5.84. The van der Waals surface area contributed by atoms with Gasteiger partial charge in [-0.3, -0.25) is 4.79 Å². The first-order valence-electron chi connectivity index (χ1n) is 5.84. The molecule has 19 heavy (non-hydrogen) atoms. The van der Waals surface area contributed by atoms with E-state index in [4.69, 9.17) is 5.73 Å². The average Bonchev–Trinajstić information content (AvgIpc) is 2.47. The molecule has 1 amide bonds. The summed E-state index contributed by atoms with van der Waals surface area (Å²) in [5.74, 6) is -0.0949. The van der Waals surface area contributed by atoms with E-state index in [0.29, 0.717) is 0 Å². The average molecular weight is 277 g/mol. The quantitative estimate of drug-likeness (QED) is 0.937. The smallest absolute Gasteiger partial charge is 0.240 e. The molecule has 2 N–H and O–H groups in total. The molecule has 2 aromatic carbocycles. The minimum atomic E-state index is -0.0949. The van der Waals surface area contributed by atoms with Crippen LogP contribution < -0.4 is 10.6 Å². The Morgan fingerprint density at radius 3 is 2.05 bits per heavy atom. The molecule has 0 bridgehead atoms. The molecule has 0 aliphatic carbocycles. The van der Waals surface area contributed by atoms with Crippen molar-refractivity contribution in [2.75, 3.05) is 18.5 Å². The van der Waals surface area contributed by atoms with Crippen LogP contribution in [0.3, 0.4) is 0 Å². The van der Waals surface area contributed by atoms with Gasteiger partial charge in [-0.2, -0.15) is 0 Å². The Morgan fingerprint density at radius 1 is 1.00 bits per heavy atom. The second-order valence-electron chi connectivity index (χ2n) is 4.07. The van der Waals surface area contributed by atoms with Gasteiger partial charge in [0.15, 0.2) is 0 Å². The molecule has 0 aliphatic heterocycles. The topological polar surface area (TPSA) is 46.3 Å². The number of carbonyl (C=O) groups is 1. The highest BCUT2D eigenvalue weighted by molar-refractivity contribution is 5.94. The first kappa shape index (κ1) is 15.2. The lowest BCUT2D eigenvalue weighted by Crippen LogP contribution is -2.32. The number of amides is 1. The second-order valence-corrected chi connectivity index (χ2v) is 4.07. The van der Waals surface area contributed by atoms with Crippen LogP contribution in [0.15, 0.2) is 54.6 Å². The van der Waals surface area contributed by atoms with Gasteiger partial charge in [0.1, 0.15) is 0 Å². The highest BCUT2D eigenvalue weighted by Gasteiger charge is 2.08. The number of nitrogens with zero attached hydrogens (tertiary/aromatic N) is 1. The van der Waals surface area contributed by atoms with Gasteiger partial charge in [-0.05, 0) is 23.3 Å². The van der Waals surface area contributed by atoms with Crippen molar-refractivity contribution in [1.29, 1.82) is 0 Å². The second kappa shape index (κ2) is 6.92. The Hall–Kier alpha value is -1.84. The highest BCUT2D eigenvalue weighted by atomic mass is 35.5. The molecule has 0 fully saturated rings. The fourth-order valence-corrected chi connectivity index (χ4v) is 1.79. The van der Waals surface area contributed by atoms with Crippen LogP contribution in [-0.2, 0) is 4.79 Å². The van der Waals surface area contributed by atoms with Crippen LogP contribution in [0.1, 0.15) is 0 Å². The van der Waals surface area contributed by atoms with Crippen LogP contribution in [0, 0.1) is 0 Å². The summed E-state index contributed by atoms with van der Waals surface area (Å²) in [5.41, 5.74) is 8.49. The molecule has 4 heteroatoms. The van der Waals surface area contributed by atoms with Crippen molar-refractivity contribution in [3.63, 3.8) is 0 Å². The SMILES string of the molecule is CN(C(=O)CN)c1ccc(-c2ccccc2)cc1.Cl. The lowest BCUT2D eigenvalue weighted by Gasteiger charge is -2.16. The molecule has 0 aromatic heterocycles. The summed E-state index contributed by atoms with van der Waals surface area (Å²) in [4.78, 5) is 13.0. The van der Waals surface area contributed by atoms with Crippen molar-refractivity contribution < 1.29 is 4.79 Å². The first-order chi connectivity index (χ1) is 8.72. The molecular formula is C15H17ClN2O. The van der Waals surface area contributed by atoms with Crippen LogP contribution in [0.5, 0.6) is 0 Å². The van der Waals surface area contributed by atoms with E-state index in [1.54, 1.807) is 11.9 Å². The van der Waals surface area contributed by atoms with Gasteiger partial charge in [-0.25, -0.2) is 0 Å². The van der Waals surface area contributed by atoms with E-state index in [1.165, 1.54) is 0 Å². The predicted octanol–water partition coefficient (Wildman–Crippen LogP) is 2.70. The fraction of sp³-hybridized carbons (Fsp3) is 0.133. The van der Waals surface area contributed by atoms with Crippen molar-refractivity contribution in [3.8, 4) is 11.1 Å². The van der Waals surface area contributed by atoms with Crippen LogP contribution in [0.2, 0.25) is 0 Å². The van der Waals surface area contributed by atoms with Crippen LogP contribution in [0.25, 0.3) is 11.1 Å². The van der Waals surface area contributed by atoms with E-state index in [9.17, 15) is 4.79 Å². The number of likely N-dealkylation sites (N-methyl/N-ethyl adjacent to an activating group) is 1. The number of anilines is 1. The largest absolute Gasteiger partial charge is 0.322 e. The minimum absolute atomic E-state index is 0. The third kappa shape index (κ3) is 3.56. The van der Waals surface area contributed by atoms with Gasteiger partial charge >= 0.3 is 0 Å². The number of carbonyl (C=O) groups excluding carboxylic acids is 1. The summed E-state index contributed by atoms with van der Waals surface area (Å²) in [6.45, 7) is 0.0247. The molecule has 0 atom stereocenters. The molecule has 0 radical (unpaired) electrons. The predicted molar refractivity (Wildman–Crippen MR) is 81.6 cm³/mol. The van der Waals surface area contributed by atoms with E-state index < -0.39 is 0 Å². The molecule has 0 saturated carbocycles. The number of hydrogen-bond acceptors (Lipinski definition) is 2. The molecule has 100 valence electrons. The number of hydrogen-bond donors (Lipinski definition) is 1. The lowest BCUT2D eigenvalue weighted by atomic mass is 10.1. The number of nitrogens with two attached hydrogens (primary N) is 1. The maximum atomic E-state index is 11.5. The third-order valence-corrected chi connectivity index (χ3v) is 2.91. The lowest BCUT2D eigenvalue weighted by molar-refractivity contribution is -0.117. The van der Waals surface area contributed by atoms with Crippen molar-refractivity contribution in [2.24, 2.45) is 5.73 Å². The molecule has 0 saturated heterocycles. The van der Waals surface area contributed by atoms with E-state index in [0.717, 1.165) is 16.8 Å². The van der Waals surface area contributed by atoms with Crippen LogP contribution >= 0.6 is 12.4 Å². The molecule has 3 nitrogen and oxygen atoms in total. The van der Waals surface area contributed by atoms with Gasteiger partial charge < -0.3 is 10.6 Å². The van der Waals surface area contributed by atoms with Gasteiger partial charge in [0.25, 0.3) is 0 Å². The van der Waals surface area contributed by atoms with Crippen molar-refractivity contribution in [1.82, 2.24) is 0 Å². The van der Waals surface area contributed by atoms with Crippen LogP contribution in [0.4, 0.5) is 5.69 Å². The van der Waals surface area contributed by atoms with Gasteiger partial charge in [0.05, 0.1) is 6.54 Å². The zero-order chi connectivity index (χ0) is 13.0. The van der Waals surface area contributed by atoms with E-state index in [-0.39, 0.29) is 24.9 Å². The van der Waals surface area contributed by atoms with E-state index >= 15 is 0 Å². The monoisotopic (exact) mass is 276 g/mol. The Balaban J connectivity index is 0.00000180. The number of benzene rings is 2. The summed E-state index contributed by atoms with van der Waals surface area (Å²) < 4.78 is 0. The van der Waals surface area contributed by atoms with Gasteiger partial charge in [-0.15, -0.1) is 12.4 Å². The molecule has 0 spiro atoms. The molecule has 0 unspecified atom stereocenters. The Labute approximate surface area is 119 Å². The molecule has 2 rings (SSSR count). The van der Waals surface area contributed by atoms with Crippen LogP contribution in [-0.4, -0.2) is 19.5 Å². The standard InChI is InChI=1S/C15H16N2O.ClH/c1-17(15(18)11-16)14-9-7-13(8-10-14)12-5-3-2-4-6-12;/h2-10H,11,16H2,1H3;1H. The van der Waals surface area contributed by atoms with Crippen molar-refractivity contribution >= 4 is 24.0 Å². The number of rotatable bonds is 3. The van der Waals surface area contributed by atoms with Gasteiger partial charge in [0.2, 0.25) is 5.91 Å². The summed E-state index contributed by atoms with van der Waals surface area (Å²) in [5, 5.41) is 0.